The molecule has 1 aromatic carbocycles. The minimum Gasteiger partial charge on any atom is -0.340 e. The Morgan fingerprint density at radius 1 is 1.31 bits per heavy atom. The van der Waals surface area contributed by atoms with Crippen LogP contribution in [0.5, 0.6) is 0 Å². The number of halogens is 1. The number of hydrogen-bond acceptors (Lipinski definition) is 1. The van der Waals surface area contributed by atoms with Crippen molar-refractivity contribution in [1.82, 2.24) is 4.90 Å². The normalized spacial score (nSPS) is 10.7. The van der Waals surface area contributed by atoms with Gasteiger partial charge in [0.2, 0.25) is 5.91 Å². The van der Waals surface area contributed by atoms with Gasteiger partial charge in [0.25, 0.3) is 0 Å². The maximum atomic E-state index is 11.7. The number of benzene rings is 1. The molecule has 0 bridgehead atoms. The van der Waals surface area contributed by atoms with Crippen molar-refractivity contribution in [1.29, 1.82) is 0 Å². The Labute approximate surface area is 105 Å². The van der Waals surface area contributed by atoms with Crippen molar-refractivity contribution in [2.75, 3.05) is 13.1 Å². The van der Waals surface area contributed by atoms with Gasteiger partial charge in [-0.15, -0.1) is 0 Å². The van der Waals surface area contributed by atoms with Crippen LogP contribution < -0.4 is 0 Å². The monoisotopic (exact) mass is 281 g/mol. The second-order valence-electron chi connectivity index (χ2n) is 3.37. The predicted octanol–water partition coefficient (Wildman–Crippen LogP) is 3.33. The van der Waals surface area contributed by atoms with Crippen LogP contribution in [0, 0.1) is 0 Å². The average Bonchev–Trinajstić information content (AvgIpc) is 2.29. The molecule has 0 aliphatic carbocycles. The SMILES string of the molecule is CCN(CC)C(=O)/C=C/c1ccccc1Br. The number of carbonyl (C=O) groups is 1. The zero-order chi connectivity index (χ0) is 12.0. The molecule has 0 spiro atoms. The van der Waals surface area contributed by atoms with Gasteiger partial charge in [-0.25, -0.2) is 0 Å². The molecule has 0 aliphatic rings. The summed E-state index contributed by atoms with van der Waals surface area (Å²) in [5.74, 6) is 0.0563. The van der Waals surface area contributed by atoms with E-state index in [0.29, 0.717) is 0 Å². The van der Waals surface area contributed by atoms with Gasteiger partial charge in [-0.05, 0) is 31.6 Å². The lowest BCUT2D eigenvalue weighted by molar-refractivity contribution is -0.125. The van der Waals surface area contributed by atoms with Crippen LogP contribution in [0.3, 0.4) is 0 Å². The Balaban J connectivity index is 2.74. The lowest BCUT2D eigenvalue weighted by atomic mass is 10.2. The van der Waals surface area contributed by atoms with Gasteiger partial charge < -0.3 is 4.90 Å². The molecule has 3 heteroatoms. The molecule has 0 aromatic heterocycles. The molecule has 0 saturated heterocycles. The van der Waals surface area contributed by atoms with Crippen LogP contribution in [-0.4, -0.2) is 23.9 Å². The molecule has 0 N–H and O–H groups in total. The molecule has 2 nitrogen and oxygen atoms in total. The third-order valence-electron chi connectivity index (χ3n) is 2.39. The summed E-state index contributed by atoms with van der Waals surface area (Å²) in [5, 5.41) is 0. The number of hydrogen-bond donors (Lipinski definition) is 0. The molecule has 0 radical (unpaired) electrons. The molecular formula is C13H16BrNO. The number of likely N-dealkylation sites (N-methyl/N-ethyl adjacent to an activating group) is 1. The van der Waals surface area contributed by atoms with Gasteiger partial charge in [-0.2, -0.15) is 0 Å². The van der Waals surface area contributed by atoms with Gasteiger partial charge in [0.05, 0.1) is 0 Å². The molecule has 0 saturated carbocycles. The van der Waals surface area contributed by atoms with E-state index in [1.54, 1.807) is 11.0 Å². The fourth-order valence-corrected chi connectivity index (χ4v) is 1.83. The second kappa shape index (κ2) is 6.48. The Morgan fingerprint density at radius 2 is 1.94 bits per heavy atom. The van der Waals surface area contributed by atoms with Gasteiger partial charge in [0, 0.05) is 23.6 Å². The Morgan fingerprint density at radius 3 is 2.50 bits per heavy atom. The third kappa shape index (κ3) is 3.49. The van der Waals surface area contributed by atoms with E-state index in [1.165, 1.54) is 0 Å². The topological polar surface area (TPSA) is 20.3 Å². The first kappa shape index (κ1) is 13.0. The maximum Gasteiger partial charge on any atom is 0.246 e. The highest BCUT2D eigenvalue weighted by Gasteiger charge is 2.04. The van der Waals surface area contributed by atoms with E-state index in [1.807, 2.05) is 44.2 Å². The molecule has 0 heterocycles. The van der Waals surface area contributed by atoms with E-state index in [9.17, 15) is 4.79 Å². The van der Waals surface area contributed by atoms with Crippen molar-refractivity contribution >= 4 is 27.9 Å². The lowest BCUT2D eigenvalue weighted by Crippen LogP contribution is -2.28. The molecule has 16 heavy (non-hydrogen) atoms. The number of carbonyl (C=O) groups excluding carboxylic acids is 1. The van der Waals surface area contributed by atoms with E-state index in [-0.39, 0.29) is 5.91 Å². The van der Waals surface area contributed by atoms with Gasteiger partial charge in [-0.3, -0.25) is 4.79 Å². The fraction of sp³-hybridized carbons (Fsp3) is 0.308. The summed E-state index contributed by atoms with van der Waals surface area (Å²) in [5.41, 5.74) is 1.02. The van der Waals surface area contributed by atoms with Gasteiger partial charge in [0.1, 0.15) is 0 Å². The Bertz CT molecular complexity index is 383. The van der Waals surface area contributed by atoms with Crippen molar-refractivity contribution in [3.8, 4) is 0 Å². The summed E-state index contributed by atoms with van der Waals surface area (Å²) in [7, 11) is 0. The largest absolute Gasteiger partial charge is 0.340 e. The fourth-order valence-electron chi connectivity index (χ4n) is 1.41. The van der Waals surface area contributed by atoms with Gasteiger partial charge in [-0.1, -0.05) is 34.1 Å². The minimum absolute atomic E-state index is 0.0563. The highest BCUT2D eigenvalue weighted by atomic mass is 79.9. The van der Waals surface area contributed by atoms with Crippen LogP contribution >= 0.6 is 15.9 Å². The molecule has 0 unspecified atom stereocenters. The Kier molecular flexibility index (Phi) is 5.26. The van der Waals surface area contributed by atoms with Gasteiger partial charge >= 0.3 is 0 Å². The molecule has 1 amide bonds. The van der Waals surface area contributed by atoms with Crippen molar-refractivity contribution in [2.45, 2.75) is 13.8 Å². The first-order valence-electron chi connectivity index (χ1n) is 5.40. The molecule has 0 aliphatic heterocycles. The maximum absolute atomic E-state index is 11.7. The summed E-state index contributed by atoms with van der Waals surface area (Å²) in [4.78, 5) is 13.5. The Hall–Kier alpha value is -1.09. The van der Waals surface area contributed by atoms with E-state index >= 15 is 0 Å². The zero-order valence-corrected chi connectivity index (χ0v) is 11.2. The second-order valence-corrected chi connectivity index (χ2v) is 4.22. The van der Waals surface area contributed by atoms with Gasteiger partial charge in [0.15, 0.2) is 0 Å². The van der Waals surface area contributed by atoms with Crippen LogP contribution in [0.1, 0.15) is 19.4 Å². The van der Waals surface area contributed by atoms with Crippen molar-refractivity contribution in [2.24, 2.45) is 0 Å². The summed E-state index contributed by atoms with van der Waals surface area (Å²) in [6.45, 7) is 5.45. The summed E-state index contributed by atoms with van der Waals surface area (Å²) in [6, 6.07) is 7.83. The third-order valence-corrected chi connectivity index (χ3v) is 3.11. The van der Waals surface area contributed by atoms with E-state index in [2.05, 4.69) is 15.9 Å². The average molecular weight is 282 g/mol. The zero-order valence-electron chi connectivity index (χ0n) is 9.61. The quantitative estimate of drug-likeness (QED) is 0.776. The summed E-state index contributed by atoms with van der Waals surface area (Å²) < 4.78 is 0.999. The van der Waals surface area contributed by atoms with Crippen molar-refractivity contribution in [3.05, 3.63) is 40.4 Å². The molecular weight excluding hydrogens is 266 g/mol. The van der Waals surface area contributed by atoms with E-state index in [0.717, 1.165) is 23.1 Å². The van der Waals surface area contributed by atoms with Crippen LogP contribution in [-0.2, 0) is 4.79 Å². The lowest BCUT2D eigenvalue weighted by Gasteiger charge is -2.15. The van der Waals surface area contributed by atoms with Crippen LogP contribution in [0.4, 0.5) is 0 Å². The molecule has 0 fully saturated rings. The van der Waals surface area contributed by atoms with Crippen LogP contribution in [0.25, 0.3) is 6.08 Å². The molecule has 86 valence electrons. The molecule has 0 atom stereocenters. The van der Waals surface area contributed by atoms with E-state index < -0.39 is 0 Å². The first-order chi connectivity index (χ1) is 7.69. The predicted molar refractivity (Wildman–Crippen MR) is 71.1 cm³/mol. The highest BCUT2D eigenvalue weighted by Crippen LogP contribution is 2.17. The van der Waals surface area contributed by atoms with Crippen molar-refractivity contribution < 1.29 is 4.79 Å². The molecule has 1 aromatic rings. The summed E-state index contributed by atoms with van der Waals surface area (Å²) in [6.07, 6.45) is 3.46. The molecule has 1 rings (SSSR count). The standard InChI is InChI=1S/C13H16BrNO/c1-3-15(4-2)13(16)10-9-11-7-5-6-8-12(11)14/h5-10H,3-4H2,1-2H3/b10-9+. The highest BCUT2D eigenvalue weighted by molar-refractivity contribution is 9.10. The van der Waals surface area contributed by atoms with Crippen LogP contribution in [0.15, 0.2) is 34.8 Å². The summed E-state index contributed by atoms with van der Waals surface area (Å²) >= 11 is 3.44. The smallest absolute Gasteiger partial charge is 0.246 e. The number of nitrogens with zero attached hydrogens (tertiary/aromatic N) is 1. The minimum atomic E-state index is 0.0563. The first-order valence-corrected chi connectivity index (χ1v) is 6.19. The van der Waals surface area contributed by atoms with Crippen LogP contribution in [0.2, 0.25) is 0 Å². The number of amides is 1. The van der Waals surface area contributed by atoms with E-state index in [4.69, 9.17) is 0 Å². The van der Waals surface area contributed by atoms with Crippen molar-refractivity contribution in [3.63, 3.8) is 0 Å². The number of rotatable bonds is 4.